The van der Waals surface area contributed by atoms with Crippen LogP contribution in [0.25, 0.3) is 0 Å². The number of benzene rings is 1. The third-order valence-electron chi connectivity index (χ3n) is 3.77. The summed E-state index contributed by atoms with van der Waals surface area (Å²) < 4.78 is 15.8. The molecule has 1 aliphatic heterocycles. The van der Waals surface area contributed by atoms with Crippen molar-refractivity contribution < 1.29 is 24.4 Å². The Balaban J connectivity index is 1.88. The van der Waals surface area contributed by atoms with Crippen molar-refractivity contribution in [3.63, 3.8) is 0 Å². The van der Waals surface area contributed by atoms with E-state index in [1.807, 2.05) is 6.07 Å². The molecule has 6 heteroatoms. The molecule has 1 fully saturated rings. The van der Waals surface area contributed by atoms with E-state index in [2.05, 4.69) is 0 Å². The predicted octanol–water partition coefficient (Wildman–Crippen LogP) is 1.24. The Hall–Kier alpha value is -1.81. The first-order valence-corrected chi connectivity index (χ1v) is 7.25. The van der Waals surface area contributed by atoms with Gasteiger partial charge in [-0.2, -0.15) is 5.26 Å². The highest BCUT2D eigenvalue weighted by Gasteiger charge is 2.32. The van der Waals surface area contributed by atoms with Crippen LogP contribution in [0.5, 0.6) is 11.5 Å². The normalized spacial score (nSPS) is 18.3. The van der Waals surface area contributed by atoms with Crippen molar-refractivity contribution in [2.45, 2.75) is 31.0 Å². The van der Waals surface area contributed by atoms with Crippen molar-refractivity contribution in [3.8, 4) is 17.6 Å². The van der Waals surface area contributed by atoms with Crippen LogP contribution in [0.3, 0.4) is 0 Å². The van der Waals surface area contributed by atoms with Crippen LogP contribution >= 0.6 is 0 Å². The van der Waals surface area contributed by atoms with Gasteiger partial charge in [0.15, 0.2) is 0 Å². The first-order chi connectivity index (χ1) is 10.6. The Bertz CT molecular complexity index is 534. The van der Waals surface area contributed by atoms with Gasteiger partial charge >= 0.3 is 0 Å². The van der Waals surface area contributed by atoms with Crippen LogP contribution in [0.1, 0.15) is 24.8 Å². The van der Waals surface area contributed by atoms with Crippen LogP contribution < -0.4 is 9.47 Å². The van der Waals surface area contributed by atoms with Gasteiger partial charge < -0.3 is 24.4 Å². The lowest BCUT2D eigenvalue weighted by Crippen LogP contribution is -2.40. The molecule has 0 aliphatic carbocycles. The van der Waals surface area contributed by atoms with Crippen LogP contribution in [0.2, 0.25) is 0 Å². The van der Waals surface area contributed by atoms with E-state index in [-0.39, 0.29) is 13.0 Å². The Kier molecular flexibility index (Phi) is 5.61. The van der Waals surface area contributed by atoms with Gasteiger partial charge in [-0.05, 0) is 25.0 Å². The average molecular weight is 307 g/mol. The second-order valence-corrected chi connectivity index (χ2v) is 5.48. The molecule has 22 heavy (non-hydrogen) atoms. The number of nitrogens with zero attached hydrogens (tertiary/aromatic N) is 1. The Morgan fingerprint density at radius 1 is 1.41 bits per heavy atom. The molecular weight excluding hydrogens is 286 g/mol. The number of hydrogen-bond donors (Lipinski definition) is 2. The molecule has 1 atom stereocenters. The van der Waals surface area contributed by atoms with E-state index in [9.17, 15) is 10.2 Å². The molecule has 0 bridgehead atoms. The molecule has 2 rings (SSSR count). The molecule has 1 heterocycles. The fraction of sp³-hybridized carbons (Fsp3) is 0.562. The lowest BCUT2D eigenvalue weighted by molar-refractivity contribution is -0.0906. The highest BCUT2D eigenvalue weighted by atomic mass is 16.5. The summed E-state index contributed by atoms with van der Waals surface area (Å²) in [6, 6.07) is 6.88. The number of methoxy groups -OCH3 is 1. The number of ether oxygens (including phenoxy) is 3. The van der Waals surface area contributed by atoms with Crippen LogP contribution in [0.15, 0.2) is 18.2 Å². The number of aliphatic hydroxyl groups is 2. The SMILES string of the molecule is COc1cc(OCC(O)CC2(O)CCOCC2)ccc1C#N. The first kappa shape index (κ1) is 16.6. The summed E-state index contributed by atoms with van der Waals surface area (Å²) in [6.45, 7) is 1.09. The average Bonchev–Trinajstić information content (AvgIpc) is 2.52. The zero-order valence-electron chi connectivity index (χ0n) is 12.6. The van der Waals surface area contributed by atoms with Gasteiger partial charge in [0, 0.05) is 25.7 Å². The van der Waals surface area contributed by atoms with E-state index < -0.39 is 11.7 Å². The van der Waals surface area contributed by atoms with Crippen LogP contribution in [-0.2, 0) is 4.74 Å². The first-order valence-electron chi connectivity index (χ1n) is 7.25. The number of hydrogen-bond acceptors (Lipinski definition) is 6. The second-order valence-electron chi connectivity index (χ2n) is 5.48. The van der Waals surface area contributed by atoms with Gasteiger partial charge in [-0.3, -0.25) is 0 Å². The van der Waals surface area contributed by atoms with Gasteiger partial charge in [0.1, 0.15) is 24.2 Å². The largest absolute Gasteiger partial charge is 0.495 e. The fourth-order valence-corrected chi connectivity index (χ4v) is 2.50. The van der Waals surface area contributed by atoms with E-state index >= 15 is 0 Å². The second kappa shape index (κ2) is 7.45. The summed E-state index contributed by atoms with van der Waals surface area (Å²) in [6.07, 6.45) is 0.525. The van der Waals surface area contributed by atoms with Gasteiger partial charge in [0.05, 0.1) is 24.4 Å². The number of aliphatic hydroxyl groups excluding tert-OH is 1. The van der Waals surface area contributed by atoms with E-state index in [1.165, 1.54) is 7.11 Å². The molecule has 1 unspecified atom stereocenters. The van der Waals surface area contributed by atoms with E-state index in [0.29, 0.717) is 43.1 Å². The van der Waals surface area contributed by atoms with E-state index in [1.54, 1.807) is 18.2 Å². The maximum Gasteiger partial charge on any atom is 0.140 e. The minimum Gasteiger partial charge on any atom is -0.495 e. The van der Waals surface area contributed by atoms with E-state index in [4.69, 9.17) is 19.5 Å². The van der Waals surface area contributed by atoms with Crippen molar-refractivity contribution >= 4 is 0 Å². The van der Waals surface area contributed by atoms with Crippen LogP contribution in [-0.4, -0.2) is 48.8 Å². The zero-order valence-corrected chi connectivity index (χ0v) is 12.6. The summed E-state index contributed by atoms with van der Waals surface area (Å²) in [4.78, 5) is 0. The maximum absolute atomic E-state index is 10.3. The monoisotopic (exact) mass is 307 g/mol. The minimum atomic E-state index is -0.886. The van der Waals surface area contributed by atoms with Crippen molar-refractivity contribution in [2.75, 3.05) is 26.9 Å². The van der Waals surface area contributed by atoms with Gasteiger partial charge in [-0.1, -0.05) is 0 Å². The van der Waals surface area contributed by atoms with Crippen molar-refractivity contribution in [3.05, 3.63) is 23.8 Å². The van der Waals surface area contributed by atoms with E-state index in [0.717, 1.165) is 0 Å². The zero-order chi connectivity index (χ0) is 16.0. The molecule has 0 radical (unpaired) electrons. The summed E-state index contributed by atoms with van der Waals surface area (Å²) in [5, 5.41) is 29.3. The standard InChI is InChI=1S/C16H21NO5/c1-20-15-8-14(3-2-12(15)10-17)22-11-13(18)9-16(19)4-6-21-7-5-16/h2-3,8,13,18-19H,4-7,9,11H2,1H3. The lowest BCUT2D eigenvalue weighted by atomic mass is 9.88. The molecule has 1 aromatic carbocycles. The summed E-state index contributed by atoms with van der Waals surface area (Å²) in [7, 11) is 1.48. The van der Waals surface area contributed by atoms with Crippen LogP contribution in [0, 0.1) is 11.3 Å². The topological polar surface area (TPSA) is 91.9 Å². The highest BCUT2D eigenvalue weighted by molar-refractivity contribution is 5.47. The molecule has 1 aromatic rings. The number of rotatable bonds is 6. The lowest BCUT2D eigenvalue weighted by Gasteiger charge is -2.33. The molecule has 6 nitrogen and oxygen atoms in total. The van der Waals surface area contributed by atoms with Gasteiger partial charge in [-0.25, -0.2) is 0 Å². The Morgan fingerprint density at radius 3 is 2.77 bits per heavy atom. The van der Waals surface area contributed by atoms with Gasteiger partial charge in [0.25, 0.3) is 0 Å². The molecule has 0 spiro atoms. The number of nitriles is 1. The molecule has 120 valence electrons. The summed E-state index contributed by atoms with van der Waals surface area (Å²) in [5.41, 5.74) is -0.462. The predicted molar refractivity (Wildman–Crippen MR) is 78.8 cm³/mol. The van der Waals surface area contributed by atoms with Gasteiger partial charge in [-0.15, -0.1) is 0 Å². The quantitative estimate of drug-likeness (QED) is 0.821. The molecule has 0 aromatic heterocycles. The Labute approximate surface area is 129 Å². The molecule has 0 amide bonds. The van der Waals surface area contributed by atoms with Crippen LogP contribution in [0.4, 0.5) is 0 Å². The third-order valence-corrected chi connectivity index (χ3v) is 3.77. The summed E-state index contributed by atoms with van der Waals surface area (Å²) in [5.74, 6) is 0.936. The van der Waals surface area contributed by atoms with Crippen molar-refractivity contribution in [1.82, 2.24) is 0 Å². The van der Waals surface area contributed by atoms with Gasteiger partial charge in [0.2, 0.25) is 0 Å². The Morgan fingerprint density at radius 2 is 2.14 bits per heavy atom. The molecular formula is C16H21NO5. The van der Waals surface area contributed by atoms with Crippen molar-refractivity contribution in [1.29, 1.82) is 5.26 Å². The minimum absolute atomic E-state index is 0.0677. The molecule has 1 aliphatic rings. The summed E-state index contributed by atoms with van der Waals surface area (Å²) >= 11 is 0. The fourth-order valence-electron chi connectivity index (χ4n) is 2.50. The molecule has 0 saturated carbocycles. The molecule has 2 N–H and O–H groups in total. The molecule has 1 saturated heterocycles. The highest BCUT2D eigenvalue weighted by Crippen LogP contribution is 2.27. The van der Waals surface area contributed by atoms with Crippen molar-refractivity contribution in [2.24, 2.45) is 0 Å². The smallest absolute Gasteiger partial charge is 0.140 e. The maximum atomic E-state index is 10.3. The third kappa shape index (κ3) is 4.34.